The SMILES string of the molecule is CC1CN(c2sc(C#N)c(N)c2C#N)CC(C)O1. The van der Waals surface area contributed by atoms with Crippen LogP contribution in [0.1, 0.15) is 24.3 Å². The molecule has 18 heavy (non-hydrogen) atoms. The Morgan fingerprint density at radius 1 is 1.28 bits per heavy atom. The van der Waals surface area contributed by atoms with Crippen LogP contribution in [0.5, 0.6) is 0 Å². The van der Waals surface area contributed by atoms with Gasteiger partial charge >= 0.3 is 0 Å². The Labute approximate surface area is 110 Å². The fraction of sp³-hybridized carbons (Fsp3) is 0.500. The smallest absolute Gasteiger partial charge is 0.131 e. The van der Waals surface area contributed by atoms with Crippen molar-refractivity contribution in [1.82, 2.24) is 0 Å². The summed E-state index contributed by atoms with van der Waals surface area (Å²) < 4.78 is 5.66. The number of nitrogens with zero attached hydrogens (tertiary/aromatic N) is 3. The fourth-order valence-electron chi connectivity index (χ4n) is 2.19. The highest BCUT2D eigenvalue weighted by Crippen LogP contribution is 2.38. The zero-order valence-corrected chi connectivity index (χ0v) is 11.1. The number of ether oxygens (including phenoxy) is 1. The van der Waals surface area contributed by atoms with Crippen molar-refractivity contribution in [2.75, 3.05) is 23.7 Å². The molecule has 1 aliphatic rings. The first-order valence-electron chi connectivity index (χ1n) is 5.69. The maximum atomic E-state index is 9.18. The molecule has 0 spiro atoms. The minimum Gasteiger partial charge on any atom is -0.396 e. The monoisotopic (exact) mass is 262 g/mol. The molecule has 0 bridgehead atoms. The van der Waals surface area contributed by atoms with E-state index in [9.17, 15) is 5.26 Å². The standard InChI is InChI=1S/C12H14N4OS/c1-7-5-16(6-8(2)17-7)12-9(3-13)11(15)10(4-14)18-12/h7-8H,5-6,15H2,1-2H3. The molecule has 0 amide bonds. The Bertz CT molecular complexity index is 529. The van der Waals surface area contributed by atoms with Gasteiger partial charge in [-0.15, -0.1) is 11.3 Å². The van der Waals surface area contributed by atoms with Gasteiger partial charge in [-0.3, -0.25) is 0 Å². The van der Waals surface area contributed by atoms with Crippen LogP contribution < -0.4 is 10.6 Å². The lowest BCUT2D eigenvalue weighted by Crippen LogP contribution is -2.45. The molecule has 1 aromatic heterocycles. The molecule has 5 nitrogen and oxygen atoms in total. The third-order valence-corrected chi connectivity index (χ3v) is 4.02. The van der Waals surface area contributed by atoms with Gasteiger partial charge in [-0.2, -0.15) is 10.5 Å². The summed E-state index contributed by atoms with van der Waals surface area (Å²) in [7, 11) is 0. The van der Waals surface area contributed by atoms with Crippen LogP contribution in [0, 0.1) is 22.7 Å². The molecule has 2 atom stereocenters. The second-order valence-electron chi connectivity index (χ2n) is 4.41. The van der Waals surface area contributed by atoms with Crippen LogP contribution in [-0.4, -0.2) is 25.3 Å². The molecule has 1 aromatic rings. The van der Waals surface area contributed by atoms with Crippen molar-refractivity contribution in [1.29, 1.82) is 10.5 Å². The predicted molar refractivity (Wildman–Crippen MR) is 70.4 cm³/mol. The van der Waals surface area contributed by atoms with Crippen LogP contribution in [0.3, 0.4) is 0 Å². The van der Waals surface area contributed by atoms with Crippen LogP contribution >= 0.6 is 11.3 Å². The summed E-state index contributed by atoms with van der Waals surface area (Å²) in [6.45, 7) is 5.42. The third-order valence-electron chi connectivity index (χ3n) is 2.85. The van der Waals surface area contributed by atoms with Crippen molar-refractivity contribution in [2.45, 2.75) is 26.1 Å². The summed E-state index contributed by atoms with van der Waals surface area (Å²) in [5.74, 6) is 0. The molecule has 2 N–H and O–H groups in total. The molecule has 6 heteroatoms. The third kappa shape index (κ3) is 2.13. The Kier molecular flexibility index (Phi) is 3.42. The van der Waals surface area contributed by atoms with Gasteiger partial charge in [-0.25, -0.2) is 0 Å². The maximum absolute atomic E-state index is 9.18. The molecule has 2 heterocycles. The summed E-state index contributed by atoms with van der Waals surface area (Å²) in [6, 6.07) is 4.13. The van der Waals surface area contributed by atoms with Gasteiger partial charge in [-0.05, 0) is 13.8 Å². The normalized spacial score (nSPS) is 23.4. The predicted octanol–water partition coefficient (Wildman–Crippen LogP) is 1.69. The van der Waals surface area contributed by atoms with E-state index in [1.807, 2.05) is 19.9 Å². The van der Waals surface area contributed by atoms with Crippen molar-refractivity contribution in [3.05, 3.63) is 10.4 Å². The molecule has 1 aliphatic heterocycles. The van der Waals surface area contributed by atoms with Gasteiger partial charge in [0, 0.05) is 13.1 Å². The topological polar surface area (TPSA) is 86.1 Å². The summed E-state index contributed by atoms with van der Waals surface area (Å²) in [5.41, 5.74) is 6.52. The van der Waals surface area contributed by atoms with Gasteiger partial charge < -0.3 is 15.4 Å². The highest BCUT2D eigenvalue weighted by molar-refractivity contribution is 7.17. The van der Waals surface area contributed by atoms with Crippen molar-refractivity contribution < 1.29 is 4.74 Å². The van der Waals surface area contributed by atoms with Crippen molar-refractivity contribution >= 4 is 22.0 Å². The average Bonchev–Trinajstić information content (AvgIpc) is 2.64. The number of nitriles is 2. The highest BCUT2D eigenvalue weighted by atomic mass is 32.1. The molecule has 2 rings (SSSR count). The Morgan fingerprint density at radius 3 is 2.39 bits per heavy atom. The quantitative estimate of drug-likeness (QED) is 0.832. The number of morpholine rings is 1. The summed E-state index contributed by atoms with van der Waals surface area (Å²) in [6.07, 6.45) is 0.211. The van der Waals surface area contributed by atoms with E-state index < -0.39 is 0 Å². The van der Waals surface area contributed by atoms with E-state index in [0.717, 1.165) is 5.00 Å². The highest BCUT2D eigenvalue weighted by Gasteiger charge is 2.27. The molecular weight excluding hydrogens is 248 g/mol. The number of rotatable bonds is 1. The lowest BCUT2D eigenvalue weighted by atomic mass is 10.2. The molecule has 1 saturated heterocycles. The van der Waals surface area contributed by atoms with Gasteiger partial charge in [-0.1, -0.05) is 0 Å². The summed E-state index contributed by atoms with van der Waals surface area (Å²) >= 11 is 1.28. The van der Waals surface area contributed by atoms with E-state index in [2.05, 4.69) is 11.0 Å². The van der Waals surface area contributed by atoms with Crippen LogP contribution in [-0.2, 0) is 4.74 Å². The number of anilines is 2. The first kappa shape index (κ1) is 12.7. The average molecular weight is 262 g/mol. The summed E-state index contributed by atoms with van der Waals surface area (Å²) in [5, 5.41) is 18.9. The fourth-order valence-corrected chi connectivity index (χ4v) is 3.18. The summed E-state index contributed by atoms with van der Waals surface area (Å²) in [4.78, 5) is 2.49. The van der Waals surface area contributed by atoms with Crippen molar-refractivity contribution in [3.8, 4) is 12.1 Å². The number of nitrogen functional groups attached to an aromatic ring is 1. The van der Waals surface area contributed by atoms with E-state index in [1.165, 1.54) is 11.3 Å². The van der Waals surface area contributed by atoms with Gasteiger partial charge in [0.25, 0.3) is 0 Å². The number of hydrogen-bond acceptors (Lipinski definition) is 6. The molecule has 0 aromatic carbocycles. The number of thiophene rings is 1. The van der Waals surface area contributed by atoms with Crippen LogP contribution in [0.2, 0.25) is 0 Å². The van der Waals surface area contributed by atoms with Gasteiger partial charge in [0.05, 0.1) is 17.9 Å². The van der Waals surface area contributed by atoms with Gasteiger partial charge in [0.15, 0.2) is 0 Å². The van der Waals surface area contributed by atoms with Crippen molar-refractivity contribution in [3.63, 3.8) is 0 Å². The number of hydrogen-bond donors (Lipinski definition) is 1. The van der Waals surface area contributed by atoms with Gasteiger partial charge in [0.2, 0.25) is 0 Å². The van der Waals surface area contributed by atoms with E-state index >= 15 is 0 Å². The Morgan fingerprint density at radius 2 is 1.89 bits per heavy atom. The molecule has 2 unspecified atom stereocenters. The molecule has 94 valence electrons. The lowest BCUT2D eigenvalue weighted by molar-refractivity contribution is -0.00501. The minimum absolute atomic E-state index is 0.106. The van der Waals surface area contributed by atoms with Crippen LogP contribution in [0.25, 0.3) is 0 Å². The molecule has 0 radical (unpaired) electrons. The molecular formula is C12H14N4OS. The molecule has 0 saturated carbocycles. The number of nitrogens with two attached hydrogens (primary N) is 1. The van der Waals surface area contributed by atoms with E-state index in [4.69, 9.17) is 15.7 Å². The lowest BCUT2D eigenvalue weighted by Gasteiger charge is -2.36. The van der Waals surface area contributed by atoms with Crippen molar-refractivity contribution in [2.24, 2.45) is 0 Å². The second kappa shape index (κ2) is 4.85. The maximum Gasteiger partial charge on any atom is 0.131 e. The first-order valence-corrected chi connectivity index (χ1v) is 6.51. The molecule has 1 fully saturated rings. The Balaban J connectivity index is 2.39. The Hall–Kier alpha value is -1.76. The van der Waals surface area contributed by atoms with E-state index in [0.29, 0.717) is 29.2 Å². The molecule has 0 aliphatic carbocycles. The first-order chi connectivity index (χ1) is 8.56. The second-order valence-corrected chi connectivity index (χ2v) is 5.41. The van der Waals surface area contributed by atoms with Crippen LogP contribution in [0.4, 0.5) is 10.7 Å². The zero-order valence-electron chi connectivity index (χ0n) is 10.3. The van der Waals surface area contributed by atoms with Gasteiger partial charge in [0.1, 0.15) is 27.6 Å². The van der Waals surface area contributed by atoms with E-state index in [1.54, 1.807) is 0 Å². The van der Waals surface area contributed by atoms with Crippen LogP contribution in [0.15, 0.2) is 0 Å². The largest absolute Gasteiger partial charge is 0.396 e. The van der Waals surface area contributed by atoms with E-state index in [-0.39, 0.29) is 12.2 Å². The zero-order chi connectivity index (χ0) is 13.3. The minimum atomic E-state index is 0.106.